The Morgan fingerprint density at radius 1 is 1.50 bits per heavy atom. The van der Waals surface area contributed by atoms with Gasteiger partial charge in [0, 0.05) is 43.9 Å². The zero-order valence-corrected chi connectivity index (χ0v) is 16.1. The summed E-state index contributed by atoms with van der Waals surface area (Å²) in [7, 11) is 3.45. The number of aryl methyl sites for hydroxylation is 1. The van der Waals surface area contributed by atoms with Gasteiger partial charge < -0.3 is 14.4 Å². The highest BCUT2D eigenvalue weighted by Gasteiger charge is 2.33. The third-order valence-electron chi connectivity index (χ3n) is 4.79. The molecular weight excluding hydrogens is 334 g/mol. The van der Waals surface area contributed by atoms with E-state index >= 15 is 0 Å². The molecule has 0 unspecified atom stereocenters. The molecule has 3 heterocycles. The summed E-state index contributed by atoms with van der Waals surface area (Å²) in [5.74, 6) is -0.0447. The van der Waals surface area contributed by atoms with Crippen LogP contribution in [-0.2, 0) is 29.0 Å². The van der Waals surface area contributed by atoms with E-state index in [1.54, 1.807) is 29.9 Å². The maximum atomic E-state index is 13.3. The van der Waals surface area contributed by atoms with E-state index in [1.807, 2.05) is 20.8 Å². The second-order valence-corrected chi connectivity index (χ2v) is 6.90. The maximum absolute atomic E-state index is 13.3. The third-order valence-corrected chi connectivity index (χ3v) is 4.79. The lowest BCUT2D eigenvalue weighted by Gasteiger charge is -2.25. The number of nitrogens with zero attached hydrogens (tertiary/aromatic N) is 4. The highest BCUT2D eigenvalue weighted by molar-refractivity contribution is 5.94. The van der Waals surface area contributed by atoms with Crippen LogP contribution >= 0.6 is 0 Å². The minimum Gasteiger partial charge on any atom is -0.383 e. The molecule has 142 valence electrons. The lowest BCUT2D eigenvalue weighted by atomic mass is 9.99. The van der Waals surface area contributed by atoms with Crippen LogP contribution in [0, 0.1) is 6.92 Å². The molecule has 1 aliphatic heterocycles. The number of ether oxygens (including phenoxy) is 2. The fraction of sp³-hybridized carbons (Fsp3) is 0.611. The molecule has 3 rings (SSSR count). The molecule has 0 fully saturated rings. The SMILES string of the molecule is COCCn1nc2c(c1C(=O)N(C)Cc1cn[nH]c1C)C[C@H](C)O[C@@H]2C. The Morgan fingerprint density at radius 3 is 2.92 bits per heavy atom. The number of rotatable bonds is 6. The summed E-state index contributed by atoms with van der Waals surface area (Å²) in [5.41, 5.74) is 4.46. The van der Waals surface area contributed by atoms with Gasteiger partial charge in [0.05, 0.1) is 37.3 Å². The van der Waals surface area contributed by atoms with Gasteiger partial charge in [0.25, 0.3) is 5.91 Å². The second-order valence-electron chi connectivity index (χ2n) is 6.90. The zero-order chi connectivity index (χ0) is 18.8. The Balaban J connectivity index is 1.93. The Hall–Kier alpha value is -2.19. The lowest BCUT2D eigenvalue weighted by Crippen LogP contribution is -2.31. The standard InChI is InChI=1S/C18H27N5O3/c1-11-8-15-16(13(3)26-11)21-23(6-7-25-5)17(15)18(24)22(4)10-14-9-19-20-12(14)2/h9,11,13H,6-8,10H2,1-5H3,(H,19,20)/t11-,13+/m0/s1. The van der Waals surface area contributed by atoms with E-state index in [0.29, 0.717) is 31.8 Å². The van der Waals surface area contributed by atoms with Gasteiger partial charge in [-0.3, -0.25) is 14.6 Å². The predicted molar refractivity (Wildman–Crippen MR) is 95.9 cm³/mol. The van der Waals surface area contributed by atoms with Crippen molar-refractivity contribution < 1.29 is 14.3 Å². The summed E-state index contributed by atoms with van der Waals surface area (Å²) >= 11 is 0. The fourth-order valence-corrected chi connectivity index (χ4v) is 3.42. The molecule has 0 spiro atoms. The third kappa shape index (κ3) is 3.52. The number of H-pyrrole nitrogens is 1. The molecule has 0 aromatic carbocycles. The number of hydrogen-bond acceptors (Lipinski definition) is 5. The number of carbonyl (C=O) groups excluding carboxylic acids is 1. The van der Waals surface area contributed by atoms with Crippen LogP contribution in [-0.4, -0.2) is 57.7 Å². The molecule has 2 aromatic heterocycles. The van der Waals surface area contributed by atoms with Crippen molar-refractivity contribution in [1.29, 1.82) is 0 Å². The van der Waals surface area contributed by atoms with Crippen LogP contribution < -0.4 is 0 Å². The van der Waals surface area contributed by atoms with Crippen molar-refractivity contribution >= 4 is 5.91 Å². The van der Waals surface area contributed by atoms with E-state index < -0.39 is 0 Å². The van der Waals surface area contributed by atoms with Crippen molar-refractivity contribution in [2.45, 2.75) is 52.5 Å². The van der Waals surface area contributed by atoms with Crippen molar-refractivity contribution in [3.63, 3.8) is 0 Å². The maximum Gasteiger partial charge on any atom is 0.272 e. The van der Waals surface area contributed by atoms with Gasteiger partial charge in [0.1, 0.15) is 5.69 Å². The monoisotopic (exact) mass is 361 g/mol. The smallest absolute Gasteiger partial charge is 0.272 e. The first kappa shape index (κ1) is 18.6. The zero-order valence-electron chi connectivity index (χ0n) is 16.1. The van der Waals surface area contributed by atoms with Gasteiger partial charge in [-0.25, -0.2) is 0 Å². The number of hydrogen-bond donors (Lipinski definition) is 1. The number of aromatic amines is 1. The van der Waals surface area contributed by atoms with Gasteiger partial charge in [-0.15, -0.1) is 0 Å². The quantitative estimate of drug-likeness (QED) is 0.849. The van der Waals surface area contributed by atoms with Crippen LogP contribution in [0.15, 0.2) is 6.20 Å². The van der Waals surface area contributed by atoms with Crippen molar-refractivity contribution in [2.75, 3.05) is 20.8 Å². The van der Waals surface area contributed by atoms with Crippen LogP contribution in [0.5, 0.6) is 0 Å². The van der Waals surface area contributed by atoms with Crippen LogP contribution in [0.2, 0.25) is 0 Å². The molecule has 0 radical (unpaired) electrons. The topological polar surface area (TPSA) is 85.3 Å². The fourth-order valence-electron chi connectivity index (χ4n) is 3.42. The van der Waals surface area contributed by atoms with Crippen LogP contribution in [0.4, 0.5) is 0 Å². The summed E-state index contributed by atoms with van der Waals surface area (Å²) in [6.07, 6.45) is 2.39. The second kappa shape index (κ2) is 7.59. The predicted octanol–water partition coefficient (Wildman–Crippen LogP) is 1.86. The molecule has 2 atom stereocenters. The van der Waals surface area contributed by atoms with Gasteiger partial charge in [-0.1, -0.05) is 0 Å². The van der Waals surface area contributed by atoms with Crippen molar-refractivity contribution in [3.8, 4) is 0 Å². The Morgan fingerprint density at radius 2 is 2.27 bits per heavy atom. The molecule has 8 nitrogen and oxygen atoms in total. The van der Waals surface area contributed by atoms with Gasteiger partial charge in [0.15, 0.2) is 0 Å². The van der Waals surface area contributed by atoms with Crippen LogP contribution in [0.1, 0.15) is 53.0 Å². The molecular formula is C18H27N5O3. The summed E-state index contributed by atoms with van der Waals surface area (Å²) in [4.78, 5) is 15.0. The minimum atomic E-state index is -0.120. The van der Waals surface area contributed by atoms with Crippen molar-refractivity contribution in [3.05, 3.63) is 34.4 Å². The summed E-state index contributed by atoms with van der Waals surface area (Å²) in [5, 5.41) is 11.6. The molecule has 8 heteroatoms. The summed E-state index contributed by atoms with van der Waals surface area (Å²) < 4.78 is 12.8. The highest BCUT2D eigenvalue weighted by Crippen LogP contribution is 2.32. The number of aromatic nitrogens is 4. The number of nitrogens with one attached hydrogen (secondary N) is 1. The molecule has 0 saturated carbocycles. The average Bonchev–Trinajstić information content (AvgIpc) is 3.16. The molecule has 0 saturated heterocycles. The average molecular weight is 361 g/mol. The first-order valence-corrected chi connectivity index (χ1v) is 8.90. The summed E-state index contributed by atoms with van der Waals surface area (Å²) in [6, 6.07) is 0. The Labute approximate surface area is 153 Å². The first-order chi connectivity index (χ1) is 12.4. The molecule has 0 bridgehead atoms. The van der Waals surface area contributed by atoms with E-state index in [4.69, 9.17) is 9.47 Å². The van der Waals surface area contributed by atoms with E-state index in [1.165, 1.54) is 0 Å². The number of fused-ring (bicyclic) bond motifs is 1. The number of methoxy groups -OCH3 is 1. The Bertz CT molecular complexity index is 782. The van der Waals surface area contributed by atoms with E-state index in [2.05, 4.69) is 15.3 Å². The van der Waals surface area contributed by atoms with Gasteiger partial charge in [-0.05, 0) is 20.8 Å². The van der Waals surface area contributed by atoms with Gasteiger partial charge >= 0.3 is 0 Å². The number of amides is 1. The molecule has 1 amide bonds. The molecule has 1 N–H and O–H groups in total. The van der Waals surface area contributed by atoms with E-state index in [9.17, 15) is 4.79 Å². The normalized spacial score (nSPS) is 19.4. The van der Waals surface area contributed by atoms with Crippen molar-refractivity contribution in [1.82, 2.24) is 24.9 Å². The van der Waals surface area contributed by atoms with Crippen LogP contribution in [0.25, 0.3) is 0 Å². The summed E-state index contributed by atoms with van der Waals surface area (Å²) in [6.45, 7) is 7.48. The van der Waals surface area contributed by atoms with Crippen molar-refractivity contribution in [2.24, 2.45) is 0 Å². The van der Waals surface area contributed by atoms with Gasteiger partial charge in [0.2, 0.25) is 0 Å². The minimum absolute atomic E-state index is 0.0447. The largest absolute Gasteiger partial charge is 0.383 e. The van der Waals surface area contributed by atoms with E-state index in [0.717, 1.165) is 22.5 Å². The van der Waals surface area contributed by atoms with Crippen LogP contribution in [0.3, 0.4) is 0 Å². The lowest BCUT2D eigenvalue weighted by molar-refractivity contribution is -0.00720. The first-order valence-electron chi connectivity index (χ1n) is 8.90. The molecule has 26 heavy (non-hydrogen) atoms. The Kier molecular flexibility index (Phi) is 5.43. The number of carbonyl (C=O) groups is 1. The van der Waals surface area contributed by atoms with E-state index in [-0.39, 0.29) is 18.1 Å². The van der Waals surface area contributed by atoms with Gasteiger partial charge in [-0.2, -0.15) is 10.2 Å². The molecule has 0 aliphatic carbocycles. The highest BCUT2D eigenvalue weighted by atomic mass is 16.5. The molecule has 2 aromatic rings. The molecule has 1 aliphatic rings.